The molecular weight excluding hydrogens is 224 g/mol. The van der Waals surface area contributed by atoms with Gasteiger partial charge in [-0.05, 0) is 38.6 Å². The molecule has 1 aliphatic heterocycles. The molecule has 2 atom stereocenters. The highest BCUT2D eigenvalue weighted by Crippen LogP contribution is 2.19. The molecule has 0 spiro atoms. The molecule has 2 unspecified atom stereocenters. The van der Waals surface area contributed by atoms with Crippen LogP contribution in [0.5, 0.6) is 0 Å². The molecule has 0 aromatic heterocycles. The Kier molecular flexibility index (Phi) is 3.87. The van der Waals surface area contributed by atoms with Crippen molar-refractivity contribution < 1.29 is 8.42 Å². The molecule has 2 aliphatic rings. The zero-order chi connectivity index (χ0) is 11.6. The van der Waals surface area contributed by atoms with Gasteiger partial charge in [-0.25, -0.2) is 8.42 Å². The second-order valence-electron chi connectivity index (χ2n) is 5.26. The van der Waals surface area contributed by atoms with Crippen molar-refractivity contribution in [3.8, 4) is 0 Å². The van der Waals surface area contributed by atoms with E-state index in [0.29, 0.717) is 23.5 Å². The zero-order valence-electron chi connectivity index (χ0n) is 9.91. The molecule has 4 nitrogen and oxygen atoms in total. The van der Waals surface area contributed by atoms with Gasteiger partial charge in [-0.1, -0.05) is 0 Å². The Labute approximate surface area is 98.1 Å². The Morgan fingerprint density at radius 2 is 2.06 bits per heavy atom. The molecule has 1 saturated carbocycles. The van der Waals surface area contributed by atoms with E-state index in [4.69, 9.17) is 0 Å². The van der Waals surface area contributed by atoms with Crippen molar-refractivity contribution in [1.29, 1.82) is 0 Å². The lowest BCUT2D eigenvalue weighted by Crippen LogP contribution is -2.39. The molecule has 1 saturated heterocycles. The van der Waals surface area contributed by atoms with Crippen LogP contribution in [0.1, 0.15) is 26.2 Å². The molecule has 5 heteroatoms. The highest BCUT2D eigenvalue weighted by Gasteiger charge is 2.27. The summed E-state index contributed by atoms with van der Waals surface area (Å²) in [7, 11) is -2.71. The fourth-order valence-electron chi connectivity index (χ4n) is 2.10. The summed E-state index contributed by atoms with van der Waals surface area (Å²) in [5.74, 6) is 1.09. The molecular formula is C11H22N2O2S. The zero-order valence-corrected chi connectivity index (χ0v) is 10.7. The summed E-state index contributed by atoms with van der Waals surface area (Å²) in [5.41, 5.74) is 0. The van der Waals surface area contributed by atoms with Crippen LogP contribution in [-0.4, -0.2) is 45.1 Å². The average molecular weight is 246 g/mol. The van der Waals surface area contributed by atoms with Gasteiger partial charge in [0.2, 0.25) is 0 Å². The van der Waals surface area contributed by atoms with Crippen molar-refractivity contribution in [2.45, 2.75) is 38.3 Å². The summed E-state index contributed by atoms with van der Waals surface area (Å²) in [6.07, 6.45) is 3.46. The summed E-state index contributed by atoms with van der Waals surface area (Å²) in [6.45, 7) is 3.98. The van der Waals surface area contributed by atoms with E-state index >= 15 is 0 Å². The predicted octanol–water partition coefficient (Wildman–Crippen LogP) is 0.151. The first-order valence-corrected chi connectivity index (χ1v) is 8.04. The lowest BCUT2D eigenvalue weighted by atomic mass is 10.1. The summed E-state index contributed by atoms with van der Waals surface area (Å²) in [6, 6.07) is 1.18. The Morgan fingerprint density at radius 1 is 1.31 bits per heavy atom. The first kappa shape index (κ1) is 12.3. The van der Waals surface area contributed by atoms with Gasteiger partial charge in [0.25, 0.3) is 0 Å². The normalized spacial score (nSPS) is 30.4. The van der Waals surface area contributed by atoms with E-state index in [0.717, 1.165) is 25.6 Å². The van der Waals surface area contributed by atoms with Crippen molar-refractivity contribution in [2.75, 3.05) is 24.6 Å². The van der Waals surface area contributed by atoms with E-state index in [1.54, 1.807) is 0 Å². The van der Waals surface area contributed by atoms with Crippen LogP contribution in [-0.2, 0) is 9.84 Å². The van der Waals surface area contributed by atoms with Crippen LogP contribution in [0.15, 0.2) is 0 Å². The van der Waals surface area contributed by atoms with Crippen molar-refractivity contribution >= 4 is 9.84 Å². The van der Waals surface area contributed by atoms with Crippen molar-refractivity contribution in [3.05, 3.63) is 0 Å². The van der Waals surface area contributed by atoms with Crippen molar-refractivity contribution in [3.63, 3.8) is 0 Å². The Bertz CT molecular complexity index is 325. The third-order valence-corrected chi connectivity index (χ3v) is 5.21. The Morgan fingerprint density at radius 3 is 2.62 bits per heavy atom. The molecule has 16 heavy (non-hydrogen) atoms. The van der Waals surface area contributed by atoms with Crippen LogP contribution in [0.4, 0.5) is 0 Å². The molecule has 0 amide bonds. The Hall–Kier alpha value is -0.130. The van der Waals surface area contributed by atoms with Gasteiger partial charge in [0.15, 0.2) is 9.84 Å². The third kappa shape index (κ3) is 4.03. The lowest BCUT2D eigenvalue weighted by molar-refractivity contribution is 0.446. The number of sulfone groups is 1. The summed E-state index contributed by atoms with van der Waals surface area (Å²) in [4.78, 5) is 0. The van der Waals surface area contributed by atoms with E-state index in [2.05, 4.69) is 17.6 Å². The number of rotatable bonds is 6. The largest absolute Gasteiger partial charge is 0.313 e. The smallest absolute Gasteiger partial charge is 0.150 e. The number of nitrogens with one attached hydrogen (secondary N) is 2. The van der Waals surface area contributed by atoms with E-state index < -0.39 is 9.84 Å². The van der Waals surface area contributed by atoms with Crippen molar-refractivity contribution in [2.24, 2.45) is 5.92 Å². The lowest BCUT2D eigenvalue weighted by Gasteiger charge is -2.16. The minimum absolute atomic E-state index is 0.327. The first-order chi connectivity index (χ1) is 7.55. The predicted molar refractivity (Wildman–Crippen MR) is 65.3 cm³/mol. The van der Waals surface area contributed by atoms with E-state index in [1.807, 2.05) is 0 Å². The van der Waals surface area contributed by atoms with E-state index in [9.17, 15) is 8.42 Å². The monoisotopic (exact) mass is 246 g/mol. The maximum absolute atomic E-state index is 11.3. The van der Waals surface area contributed by atoms with Crippen LogP contribution < -0.4 is 10.6 Å². The maximum atomic E-state index is 11.3. The fraction of sp³-hybridized carbons (Fsp3) is 1.00. The summed E-state index contributed by atoms with van der Waals surface area (Å²) in [5, 5.41) is 6.89. The molecule has 2 fully saturated rings. The molecule has 2 rings (SSSR count). The summed E-state index contributed by atoms with van der Waals surface area (Å²) < 4.78 is 22.5. The molecule has 0 bridgehead atoms. The molecule has 0 aromatic rings. The van der Waals surface area contributed by atoms with Gasteiger partial charge in [-0.3, -0.25) is 0 Å². The van der Waals surface area contributed by atoms with Crippen molar-refractivity contribution in [1.82, 2.24) is 10.6 Å². The van der Waals surface area contributed by atoms with Crippen LogP contribution >= 0.6 is 0 Å². The van der Waals surface area contributed by atoms with E-state index in [1.165, 1.54) is 12.8 Å². The maximum Gasteiger partial charge on any atom is 0.150 e. The molecule has 1 heterocycles. The van der Waals surface area contributed by atoms with Crippen LogP contribution in [0.25, 0.3) is 0 Å². The molecule has 2 N–H and O–H groups in total. The van der Waals surface area contributed by atoms with Gasteiger partial charge in [0.05, 0.1) is 11.5 Å². The summed E-state index contributed by atoms with van der Waals surface area (Å²) >= 11 is 0. The third-order valence-electron chi connectivity index (χ3n) is 3.37. The molecule has 0 aromatic carbocycles. The highest BCUT2D eigenvalue weighted by molar-refractivity contribution is 7.91. The molecule has 94 valence electrons. The van der Waals surface area contributed by atoms with Gasteiger partial charge >= 0.3 is 0 Å². The number of hydrogen-bond acceptors (Lipinski definition) is 4. The number of hydrogen-bond donors (Lipinski definition) is 2. The van der Waals surface area contributed by atoms with E-state index in [-0.39, 0.29) is 0 Å². The van der Waals surface area contributed by atoms with Gasteiger partial charge in [-0.2, -0.15) is 0 Å². The highest BCUT2D eigenvalue weighted by atomic mass is 32.2. The van der Waals surface area contributed by atoms with Gasteiger partial charge in [0, 0.05) is 18.6 Å². The first-order valence-electron chi connectivity index (χ1n) is 6.22. The van der Waals surface area contributed by atoms with Gasteiger partial charge in [-0.15, -0.1) is 0 Å². The van der Waals surface area contributed by atoms with Gasteiger partial charge < -0.3 is 10.6 Å². The quantitative estimate of drug-likeness (QED) is 0.700. The second kappa shape index (κ2) is 5.02. The minimum Gasteiger partial charge on any atom is -0.313 e. The molecule has 1 aliphatic carbocycles. The fourth-order valence-corrected chi connectivity index (χ4v) is 3.97. The molecule has 0 radical (unpaired) electrons. The Balaban J connectivity index is 1.59. The standard InChI is InChI=1S/C11H22N2O2S/c1-9(6-13-11-2-3-11)12-7-10-4-5-16(14,15)8-10/h9-13H,2-8H2,1H3. The SMILES string of the molecule is CC(CNC1CC1)NCC1CCS(=O)(=O)C1. The second-order valence-corrected chi connectivity index (χ2v) is 7.49. The minimum atomic E-state index is -2.71. The van der Waals surface area contributed by atoms with Crippen LogP contribution in [0.3, 0.4) is 0 Å². The van der Waals surface area contributed by atoms with Gasteiger partial charge in [0.1, 0.15) is 0 Å². The average Bonchev–Trinajstić information content (AvgIpc) is 2.97. The topological polar surface area (TPSA) is 58.2 Å². The van der Waals surface area contributed by atoms with Crippen LogP contribution in [0.2, 0.25) is 0 Å². The van der Waals surface area contributed by atoms with Crippen LogP contribution in [0, 0.1) is 5.92 Å².